The fraction of sp³-hybridized carbons (Fsp3) is 0. The number of benzene rings is 3. The van der Waals surface area contributed by atoms with Crippen molar-refractivity contribution in [2.45, 2.75) is 0 Å². The molecule has 0 bridgehead atoms. The molecule has 1 radical (unpaired) electrons. The van der Waals surface area contributed by atoms with E-state index in [1.54, 1.807) is 0 Å². The van der Waals surface area contributed by atoms with E-state index < -0.39 is 0 Å². The van der Waals surface area contributed by atoms with Crippen LogP contribution in [0.4, 0.5) is 0 Å². The van der Waals surface area contributed by atoms with Gasteiger partial charge in [0.2, 0.25) is 0 Å². The third kappa shape index (κ3) is 11.3. The molecule has 0 nitrogen and oxygen atoms in total. The van der Waals surface area contributed by atoms with Crippen molar-refractivity contribution in [3.8, 4) is 0 Å². The van der Waals surface area contributed by atoms with E-state index in [0.29, 0.717) is 0 Å². The molecule has 0 heterocycles. The fourth-order valence-electron chi connectivity index (χ4n) is 1.16. The first-order valence-electron chi connectivity index (χ1n) is 6.09. The summed E-state index contributed by atoms with van der Waals surface area (Å²) in [7, 11) is 0. The summed E-state index contributed by atoms with van der Waals surface area (Å²) in [4.78, 5) is 0. The zero-order valence-electron chi connectivity index (χ0n) is 11.4. The van der Waals surface area contributed by atoms with Crippen molar-refractivity contribution in [3.63, 3.8) is 0 Å². The van der Waals surface area contributed by atoms with Gasteiger partial charge in [0.25, 0.3) is 0 Å². The predicted molar refractivity (Wildman–Crippen MR) is 81.5 cm³/mol. The minimum absolute atomic E-state index is 0. The van der Waals surface area contributed by atoms with Crippen LogP contribution in [0.15, 0.2) is 91.0 Å². The third-order valence-electron chi connectivity index (χ3n) is 2.06. The topological polar surface area (TPSA) is 0 Å². The summed E-state index contributed by atoms with van der Waals surface area (Å²) >= 11 is 0. The molecular formula is C19H17Ti. The van der Waals surface area contributed by atoms with Gasteiger partial charge in [-0.05, 0) is 0 Å². The Hall–Kier alpha value is -1.76. The van der Waals surface area contributed by atoms with Gasteiger partial charge in [-0.25, -0.2) is 0 Å². The number of hydrogen-bond donors (Lipinski definition) is 0. The Bertz CT molecular complexity index is 407. The normalized spacial score (nSPS) is 7.80. The quantitative estimate of drug-likeness (QED) is 0.411. The van der Waals surface area contributed by atoms with Gasteiger partial charge in [0.1, 0.15) is 0 Å². The molecule has 97 valence electrons. The zero-order chi connectivity index (χ0) is 13.6. The van der Waals surface area contributed by atoms with Crippen LogP contribution in [0.2, 0.25) is 0 Å². The zero-order valence-corrected chi connectivity index (χ0v) is 12.9. The van der Waals surface area contributed by atoms with E-state index in [1.807, 2.05) is 91.0 Å². The van der Waals surface area contributed by atoms with E-state index >= 15 is 0 Å². The van der Waals surface area contributed by atoms with Crippen LogP contribution in [-0.2, 0) is 21.7 Å². The van der Waals surface area contributed by atoms with Crippen molar-refractivity contribution < 1.29 is 21.7 Å². The van der Waals surface area contributed by atoms with Gasteiger partial charge in [-0.1, -0.05) is 6.07 Å². The molecule has 0 saturated carbocycles. The molecule has 3 rings (SSSR count). The molecular weight excluding hydrogens is 276 g/mol. The molecule has 20 heavy (non-hydrogen) atoms. The molecule has 0 aliphatic rings. The molecule has 1 heteroatoms. The summed E-state index contributed by atoms with van der Waals surface area (Å²) in [5.41, 5.74) is 1.07. The first-order valence-corrected chi connectivity index (χ1v) is 6.09. The second-order valence-corrected chi connectivity index (χ2v) is 3.64. The molecule has 0 atom stereocenters. The standard InChI is InChI=1S/C7H7.2C6H5.Ti/c1-7-5-3-2-4-6-7;2*1-2-4-6-5-3-1;/h2-6H,1H2;2*1-5H;/q3*-1;+3. The summed E-state index contributed by atoms with van der Waals surface area (Å²) in [6, 6.07) is 34.9. The molecule has 3 aromatic carbocycles. The van der Waals surface area contributed by atoms with Gasteiger partial charge in [0.15, 0.2) is 0 Å². The minimum atomic E-state index is 0. The second kappa shape index (κ2) is 13.7. The molecule has 0 spiro atoms. The largest absolute Gasteiger partial charge is 3.00 e. The maximum atomic E-state index is 3.72. The molecule has 0 saturated heterocycles. The number of hydrogen-bond acceptors (Lipinski definition) is 0. The summed E-state index contributed by atoms with van der Waals surface area (Å²) in [6.45, 7) is 3.72. The van der Waals surface area contributed by atoms with Gasteiger partial charge < -0.3 is 0 Å². The third-order valence-corrected chi connectivity index (χ3v) is 2.06. The maximum Gasteiger partial charge on any atom is 3.00 e. The van der Waals surface area contributed by atoms with Gasteiger partial charge in [-0.2, -0.15) is 97.4 Å². The minimum Gasteiger partial charge on any atom is -0.199 e. The van der Waals surface area contributed by atoms with Crippen LogP contribution < -0.4 is 0 Å². The van der Waals surface area contributed by atoms with Crippen molar-refractivity contribution in [1.29, 1.82) is 0 Å². The Morgan fingerprint density at radius 1 is 0.550 bits per heavy atom. The van der Waals surface area contributed by atoms with Crippen molar-refractivity contribution >= 4 is 0 Å². The summed E-state index contributed by atoms with van der Waals surface area (Å²) in [6.07, 6.45) is 0. The van der Waals surface area contributed by atoms with Crippen molar-refractivity contribution in [2.75, 3.05) is 0 Å². The molecule has 0 amide bonds. The Morgan fingerprint density at radius 3 is 1.05 bits per heavy atom. The molecule has 3 aromatic rings. The second-order valence-electron chi connectivity index (χ2n) is 3.64. The van der Waals surface area contributed by atoms with E-state index in [9.17, 15) is 0 Å². The summed E-state index contributed by atoms with van der Waals surface area (Å²) in [5, 5.41) is 0. The van der Waals surface area contributed by atoms with Crippen molar-refractivity contribution in [3.05, 3.63) is 116 Å². The van der Waals surface area contributed by atoms with Crippen molar-refractivity contribution in [1.82, 2.24) is 0 Å². The first kappa shape index (κ1) is 18.2. The molecule has 0 aliphatic heterocycles. The fourth-order valence-corrected chi connectivity index (χ4v) is 1.16. The van der Waals surface area contributed by atoms with Crippen LogP contribution in [0.5, 0.6) is 0 Å². The summed E-state index contributed by atoms with van der Waals surface area (Å²) in [5.74, 6) is 0. The molecule has 0 unspecified atom stereocenters. The van der Waals surface area contributed by atoms with Gasteiger partial charge in [-0.3, -0.25) is 0 Å². The van der Waals surface area contributed by atoms with Crippen LogP contribution in [0, 0.1) is 19.1 Å². The average molecular weight is 293 g/mol. The van der Waals surface area contributed by atoms with Crippen LogP contribution in [0.1, 0.15) is 5.56 Å². The maximum absolute atomic E-state index is 3.72. The Kier molecular flexibility index (Phi) is 12.5. The van der Waals surface area contributed by atoms with Gasteiger partial charge in [-0.15, -0.1) is 12.1 Å². The van der Waals surface area contributed by atoms with E-state index in [1.165, 1.54) is 0 Å². The summed E-state index contributed by atoms with van der Waals surface area (Å²) < 4.78 is 0. The number of rotatable bonds is 0. The smallest absolute Gasteiger partial charge is 0.199 e. The molecule has 0 aromatic heterocycles. The van der Waals surface area contributed by atoms with Gasteiger partial charge >= 0.3 is 21.7 Å². The van der Waals surface area contributed by atoms with Crippen molar-refractivity contribution in [2.24, 2.45) is 0 Å². The monoisotopic (exact) mass is 293 g/mol. The van der Waals surface area contributed by atoms with E-state index in [0.717, 1.165) is 5.56 Å². The average Bonchev–Trinajstić information content (AvgIpc) is 2.53. The molecule has 0 fully saturated rings. The van der Waals surface area contributed by atoms with E-state index in [4.69, 9.17) is 0 Å². The van der Waals surface area contributed by atoms with Crippen LogP contribution in [-0.4, -0.2) is 0 Å². The molecule has 0 aliphatic carbocycles. The first-order chi connectivity index (χ1) is 9.39. The Morgan fingerprint density at radius 2 is 0.900 bits per heavy atom. The SMILES string of the molecule is [CH2-]c1ccccc1.[Ti+3].[c-]1ccccc1.[c-]1ccccc1. The Labute approximate surface area is 137 Å². The van der Waals surface area contributed by atoms with Gasteiger partial charge in [0.05, 0.1) is 0 Å². The van der Waals surface area contributed by atoms with E-state index in [-0.39, 0.29) is 21.7 Å². The molecule has 0 N–H and O–H groups in total. The van der Waals surface area contributed by atoms with Crippen LogP contribution in [0.3, 0.4) is 0 Å². The van der Waals surface area contributed by atoms with Crippen LogP contribution in [0.25, 0.3) is 0 Å². The van der Waals surface area contributed by atoms with Gasteiger partial charge in [0, 0.05) is 0 Å². The van der Waals surface area contributed by atoms with Crippen LogP contribution >= 0.6 is 0 Å². The Balaban J connectivity index is 0.000000265. The predicted octanol–water partition coefficient (Wildman–Crippen LogP) is 4.84. The van der Waals surface area contributed by atoms with E-state index in [2.05, 4.69) is 19.1 Å².